The predicted octanol–water partition coefficient (Wildman–Crippen LogP) is 1.60. The largest absolute Gasteiger partial charge is 0.497 e. The number of methoxy groups -OCH3 is 1. The summed E-state index contributed by atoms with van der Waals surface area (Å²) in [5.41, 5.74) is 2.42. The molecule has 11 heavy (non-hydrogen) atoms. The molecule has 0 amide bonds. The van der Waals surface area contributed by atoms with E-state index in [1.165, 1.54) is 11.3 Å². The van der Waals surface area contributed by atoms with Crippen molar-refractivity contribution in [1.82, 2.24) is 5.32 Å². The Balaban J connectivity index is 2.26. The van der Waals surface area contributed by atoms with Gasteiger partial charge in [0.2, 0.25) is 0 Å². The van der Waals surface area contributed by atoms with Crippen LogP contribution in [0.4, 0.5) is 0 Å². The second-order valence-corrected chi connectivity index (χ2v) is 2.43. The molecule has 0 radical (unpaired) electrons. The fraction of sp³-hybridized carbons (Fsp3) is 0.111. The van der Waals surface area contributed by atoms with Crippen LogP contribution in [0, 0.1) is 0 Å². The first-order valence-electron chi connectivity index (χ1n) is 3.51. The summed E-state index contributed by atoms with van der Waals surface area (Å²) in [7, 11) is 1.67. The van der Waals surface area contributed by atoms with Crippen molar-refractivity contribution in [2.24, 2.45) is 0 Å². The summed E-state index contributed by atoms with van der Waals surface area (Å²) < 4.78 is 5.03. The molecule has 56 valence electrons. The Kier molecular flexibility index (Phi) is 1.32. The van der Waals surface area contributed by atoms with Crippen LogP contribution in [-0.2, 0) is 0 Å². The zero-order chi connectivity index (χ0) is 7.68. The summed E-state index contributed by atoms with van der Waals surface area (Å²) in [6, 6.07) is 7.97. The van der Waals surface area contributed by atoms with Gasteiger partial charge >= 0.3 is 0 Å². The molecule has 2 nitrogen and oxygen atoms in total. The molecule has 0 saturated heterocycles. The molecule has 0 fully saturated rings. The topological polar surface area (TPSA) is 31.2 Å². The molecular weight excluding hydrogens is 138 g/mol. The first-order chi connectivity index (χ1) is 5.40. The minimum atomic E-state index is 0.898. The van der Waals surface area contributed by atoms with Gasteiger partial charge in [-0.25, -0.2) is 0 Å². The molecule has 0 saturated carbocycles. The van der Waals surface area contributed by atoms with Crippen molar-refractivity contribution >= 4 is 5.70 Å². The quantitative estimate of drug-likeness (QED) is 0.688. The van der Waals surface area contributed by atoms with E-state index in [1.54, 1.807) is 7.11 Å². The van der Waals surface area contributed by atoms with E-state index in [0.717, 1.165) is 5.75 Å². The third-order valence-corrected chi connectivity index (χ3v) is 1.69. The molecule has 1 heterocycles. The van der Waals surface area contributed by atoms with E-state index in [0.29, 0.717) is 0 Å². The highest BCUT2D eigenvalue weighted by atomic mass is 16.5. The summed E-state index contributed by atoms with van der Waals surface area (Å²) >= 11 is 0. The molecule has 0 bridgehead atoms. The normalized spacial score (nSPS) is 13.4. The highest BCUT2D eigenvalue weighted by Crippen LogP contribution is 2.21. The van der Waals surface area contributed by atoms with Gasteiger partial charge in [-0.2, -0.15) is 0 Å². The van der Waals surface area contributed by atoms with Gasteiger partial charge in [-0.3, -0.25) is 0 Å². The highest BCUT2D eigenvalue weighted by Gasteiger charge is 2.07. The number of hydrogen-bond donors (Lipinski definition) is 1. The van der Waals surface area contributed by atoms with Gasteiger partial charge in [-0.1, -0.05) is 0 Å². The summed E-state index contributed by atoms with van der Waals surface area (Å²) in [4.78, 5) is 0. The Bertz CT molecular complexity index is 287. The van der Waals surface area contributed by atoms with Gasteiger partial charge in [-0.05, 0) is 29.8 Å². The molecule has 0 spiro atoms. The van der Waals surface area contributed by atoms with Crippen molar-refractivity contribution in [3.8, 4) is 5.75 Å². The average molecular weight is 147 g/mol. The molecule has 0 unspecified atom stereocenters. The maximum atomic E-state index is 5.03. The number of nitrogens with one attached hydrogen (secondary N) is 1. The van der Waals surface area contributed by atoms with Gasteiger partial charge in [0.15, 0.2) is 0 Å². The number of rotatable bonds is 2. The van der Waals surface area contributed by atoms with Crippen LogP contribution in [-0.4, -0.2) is 7.11 Å². The summed E-state index contributed by atoms with van der Waals surface area (Å²) in [5, 5.41) is 3.04. The van der Waals surface area contributed by atoms with Gasteiger partial charge in [0.05, 0.1) is 12.8 Å². The Labute approximate surface area is 65.5 Å². The van der Waals surface area contributed by atoms with E-state index in [4.69, 9.17) is 4.74 Å². The van der Waals surface area contributed by atoms with Gasteiger partial charge < -0.3 is 10.1 Å². The molecule has 1 N–H and O–H groups in total. The van der Waals surface area contributed by atoms with Crippen molar-refractivity contribution in [1.29, 1.82) is 0 Å². The zero-order valence-electron chi connectivity index (χ0n) is 6.29. The SMILES string of the molecule is COc1ccc(C2=CN2)cc1. The molecule has 2 rings (SSSR count). The lowest BCUT2D eigenvalue weighted by molar-refractivity contribution is 0.415. The van der Waals surface area contributed by atoms with Gasteiger partial charge in [0, 0.05) is 6.20 Å². The van der Waals surface area contributed by atoms with Crippen molar-refractivity contribution < 1.29 is 4.74 Å². The Morgan fingerprint density at radius 2 is 1.82 bits per heavy atom. The van der Waals surface area contributed by atoms with E-state index >= 15 is 0 Å². The van der Waals surface area contributed by atoms with E-state index < -0.39 is 0 Å². The maximum Gasteiger partial charge on any atom is 0.118 e. The fourth-order valence-corrected chi connectivity index (χ4v) is 0.973. The fourth-order valence-electron chi connectivity index (χ4n) is 0.973. The van der Waals surface area contributed by atoms with Crippen molar-refractivity contribution in [3.05, 3.63) is 36.0 Å². The van der Waals surface area contributed by atoms with E-state index in [2.05, 4.69) is 5.32 Å². The van der Waals surface area contributed by atoms with Crippen molar-refractivity contribution in [3.63, 3.8) is 0 Å². The predicted molar refractivity (Wildman–Crippen MR) is 44.1 cm³/mol. The molecular formula is C9H9NO. The van der Waals surface area contributed by atoms with Crippen LogP contribution in [0.1, 0.15) is 5.56 Å². The van der Waals surface area contributed by atoms with Crippen LogP contribution in [0.3, 0.4) is 0 Å². The van der Waals surface area contributed by atoms with Gasteiger partial charge in [0.25, 0.3) is 0 Å². The third-order valence-electron chi connectivity index (χ3n) is 1.69. The van der Waals surface area contributed by atoms with Gasteiger partial charge in [-0.15, -0.1) is 0 Å². The van der Waals surface area contributed by atoms with Crippen molar-refractivity contribution in [2.45, 2.75) is 0 Å². The standard InChI is InChI=1S/C9H9NO/c1-11-8-4-2-7(3-5-8)9-6-10-9/h2-6,10H,1H3. The third kappa shape index (κ3) is 1.19. The van der Waals surface area contributed by atoms with Crippen LogP contribution >= 0.6 is 0 Å². The number of ether oxygens (including phenoxy) is 1. The highest BCUT2D eigenvalue weighted by molar-refractivity contribution is 5.74. The summed E-state index contributed by atoms with van der Waals surface area (Å²) in [5.74, 6) is 0.898. The summed E-state index contributed by atoms with van der Waals surface area (Å²) in [6.45, 7) is 0. The Morgan fingerprint density at radius 1 is 1.18 bits per heavy atom. The first kappa shape index (κ1) is 6.28. The van der Waals surface area contributed by atoms with E-state index in [9.17, 15) is 0 Å². The lowest BCUT2D eigenvalue weighted by Gasteiger charge is -1.98. The second kappa shape index (κ2) is 2.31. The zero-order valence-corrected chi connectivity index (χ0v) is 6.29. The van der Waals surface area contributed by atoms with Crippen LogP contribution < -0.4 is 10.1 Å². The Hall–Kier alpha value is -1.44. The Morgan fingerprint density at radius 3 is 2.27 bits per heavy atom. The molecule has 1 aromatic carbocycles. The lowest BCUT2D eigenvalue weighted by atomic mass is 10.2. The summed E-state index contributed by atoms with van der Waals surface area (Å²) in [6.07, 6.45) is 1.97. The number of hydrogen-bond acceptors (Lipinski definition) is 2. The molecule has 0 aliphatic carbocycles. The minimum absolute atomic E-state index is 0.898. The monoisotopic (exact) mass is 147 g/mol. The second-order valence-electron chi connectivity index (χ2n) is 2.43. The van der Waals surface area contributed by atoms with Crippen LogP contribution in [0.2, 0.25) is 0 Å². The molecule has 0 aromatic heterocycles. The van der Waals surface area contributed by atoms with Crippen LogP contribution in [0.25, 0.3) is 5.70 Å². The minimum Gasteiger partial charge on any atom is -0.497 e. The number of benzene rings is 1. The maximum absolute atomic E-state index is 5.03. The average Bonchev–Trinajstić information content (AvgIpc) is 2.87. The molecule has 0 atom stereocenters. The van der Waals surface area contributed by atoms with Crippen LogP contribution in [0.15, 0.2) is 30.5 Å². The van der Waals surface area contributed by atoms with Crippen LogP contribution in [0.5, 0.6) is 5.75 Å². The molecule has 2 heteroatoms. The lowest BCUT2D eigenvalue weighted by Crippen LogP contribution is -1.84. The smallest absolute Gasteiger partial charge is 0.118 e. The molecule has 1 aliphatic rings. The van der Waals surface area contributed by atoms with E-state index in [-0.39, 0.29) is 0 Å². The van der Waals surface area contributed by atoms with E-state index in [1.807, 2.05) is 30.5 Å². The molecule has 1 aliphatic heterocycles. The van der Waals surface area contributed by atoms with Gasteiger partial charge in [0.1, 0.15) is 5.75 Å². The molecule has 1 aromatic rings. The first-order valence-corrected chi connectivity index (χ1v) is 3.51. The van der Waals surface area contributed by atoms with Crippen molar-refractivity contribution in [2.75, 3.05) is 7.11 Å².